The second-order valence-corrected chi connectivity index (χ2v) is 6.29. The number of aryl methyl sites for hydroxylation is 1. The largest absolute Gasteiger partial charge is 0.364 e. The van der Waals surface area contributed by atoms with Crippen LogP contribution in [0.5, 0.6) is 0 Å². The van der Waals surface area contributed by atoms with Crippen LogP contribution in [-0.4, -0.2) is 37.4 Å². The lowest BCUT2D eigenvalue weighted by atomic mass is 10.2. The first-order valence-electron chi connectivity index (χ1n) is 7.97. The molecule has 0 aliphatic rings. The van der Waals surface area contributed by atoms with Crippen LogP contribution in [0.3, 0.4) is 0 Å². The Labute approximate surface area is 154 Å². The number of nitrogens with zero attached hydrogens (tertiary/aromatic N) is 5. The van der Waals surface area contributed by atoms with Crippen LogP contribution in [0.1, 0.15) is 24.5 Å². The van der Waals surface area contributed by atoms with Crippen LogP contribution in [-0.2, 0) is 11.3 Å². The Morgan fingerprint density at radius 1 is 1.35 bits per heavy atom. The molecule has 1 atom stereocenters. The molecule has 3 aromatic rings. The summed E-state index contributed by atoms with van der Waals surface area (Å²) in [7, 11) is 1.65. The fourth-order valence-electron chi connectivity index (χ4n) is 2.56. The van der Waals surface area contributed by atoms with Crippen LogP contribution < -0.4 is 5.69 Å². The normalized spacial score (nSPS) is 12.2. The Hall–Kier alpha value is -2.87. The van der Waals surface area contributed by atoms with E-state index >= 15 is 0 Å². The zero-order valence-corrected chi connectivity index (χ0v) is 15.3. The van der Waals surface area contributed by atoms with E-state index in [0.29, 0.717) is 22.2 Å². The van der Waals surface area contributed by atoms with Crippen LogP contribution in [0.15, 0.2) is 45.9 Å². The first kappa shape index (κ1) is 17.9. The van der Waals surface area contributed by atoms with Gasteiger partial charge < -0.3 is 9.42 Å². The van der Waals surface area contributed by atoms with Gasteiger partial charge in [-0.2, -0.15) is 9.78 Å². The van der Waals surface area contributed by atoms with Gasteiger partial charge in [0.05, 0.1) is 16.8 Å². The molecule has 0 saturated heterocycles. The maximum absolute atomic E-state index is 12.7. The molecule has 8 nitrogen and oxygen atoms in total. The zero-order valence-electron chi connectivity index (χ0n) is 14.6. The lowest BCUT2D eigenvalue weighted by Gasteiger charge is -2.23. The first-order chi connectivity index (χ1) is 12.4. The standard InChI is InChI=1S/C17H18ClN5O3/c1-11(14-8-9-26-20-14)21(3)16(24)10-22-12(2)19-23(17(22)25)15-7-5-4-6-13(15)18/h4-9,11H,10H2,1-3H3/t11-/m0/s1. The van der Waals surface area contributed by atoms with Crippen LogP contribution >= 0.6 is 11.6 Å². The number of benzene rings is 1. The maximum Gasteiger partial charge on any atom is 0.351 e. The summed E-state index contributed by atoms with van der Waals surface area (Å²) in [6, 6.07) is 8.32. The van der Waals surface area contributed by atoms with Gasteiger partial charge in [-0.15, -0.1) is 0 Å². The molecule has 0 saturated carbocycles. The molecule has 9 heteroatoms. The van der Waals surface area contributed by atoms with E-state index in [1.165, 1.54) is 20.4 Å². The topological polar surface area (TPSA) is 86.2 Å². The summed E-state index contributed by atoms with van der Waals surface area (Å²) in [5, 5.41) is 8.48. The molecule has 26 heavy (non-hydrogen) atoms. The van der Waals surface area contributed by atoms with Gasteiger partial charge in [0, 0.05) is 13.1 Å². The Kier molecular flexibility index (Phi) is 4.94. The highest BCUT2D eigenvalue weighted by Crippen LogP contribution is 2.18. The lowest BCUT2D eigenvalue weighted by molar-refractivity contribution is -0.132. The van der Waals surface area contributed by atoms with Gasteiger partial charge in [0.1, 0.15) is 24.3 Å². The van der Waals surface area contributed by atoms with Gasteiger partial charge >= 0.3 is 5.69 Å². The van der Waals surface area contributed by atoms with Gasteiger partial charge in [0.25, 0.3) is 0 Å². The molecule has 0 aliphatic heterocycles. The predicted octanol–water partition coefficient (Wildman–Crippen LogP) is 2.20. The van der Waals surface area contributed by atoms with Gasteiger partial charge in [0.2, 0.25) is 5.91 Å². The Morgan fingerprint density at radius 3 is 2.73 bits per heavy atom. The summed E-state index contributed by atoms with van der Waals surface area (Å²) >= 11 is 6.15. The zero-order chi connectivity index (χ0) is 18.8. The van der Waals surface area contributed by atoms with Crippen molar-refractivity contribution in [2.45, 2.75) is 26.4 Å². The highest BCUT2D eigenvalue weighted by atomic mass is 35.5. The number of carbonyl (C=O) groups is 1. The molecule has 0 N–H and O–H groups in total. The number of carbonyl (C=O) groups excluding carboxylic acids is 1. The molecule has 0 aliphatic carbocycles. The van der Waals surface area contributed by atoms with Crippen LogP contribution in [0.4, 0.5) is 0 Å². The van der Waals surface area contributed by atoms with E-state index in [2.05, 4.69) is 10.3 Å². The lowest BCUT2D eigenvalue weighted by Crippen LogP contribution is -2.36. The molecule has 2 aromatic heterocycles. The molecular weight excluding hydrogens is 358 g/mol. The summed E-state index contributed by atoms with van der Waals surface area (Å²) in [4.78, 5) is 26.8. The number of para-hydroxylation sites is 1. The van der Waals surface area contributed by atoms with E-state index in [0.717, 1.165) is 0 Å². The molecule has 0 spiro atoms. The van der Waals surface area contributed by atoms with Crippen LogP contribution in [0, 0.1) is 6.92 Å². The number of hydrogen-bond donors (Lipinski definition) is 0. The second kappa shape index (κ2) is 7.17. The van der Waals surface area contributed by atoms with E-state index in [1.54, 1.807) is 44.3 Å². The highest BCUT2D eigenvalue weighted by Gasteiger charge is 2.22. The van der Waals surface area contributed by atoms with Gasteiger partial charge in [0.15, 0.2) is 0 Å². The van der Waals surface area contributed by atoms with Crippen molar-refractivity contribution in [1.29, 1.82) is 0 Å². The Bertz CT molecular complexity index is 977. The number of halogens is 1. The molecule has 0 bridgehead atoms. The van der Waals surface area contributed by atoms with Crippen LogP contribution in [0.25, 0.3) is 5.69 Å². The van der Waals surface area contributed by atoms with Gasteiger partial charge in [-0.25, -0.2) is 4.79 Å². The van der Waals surface area contributed by atoms with Gasteiger partial charge in [-0.3, -0.25) is 9.36 Å². The summed E-state index contributed by atoms with van der Waals surface area (Å²) in [6.45, 7) is 3.37. The highest BCUT2D eigenvalue weighted by molar-refractivity contribution is 6.32. The molecular formula is C17H18ClN5O3. The predicted molar refractivity (Wildman–Crippen MR) is 95.3 cm³/mol. The van der Waals surface area contributed by atoms with Crippen molar-refractivity contribution in [1.82, 2.24) is 24.4 Å². The number of aromatic nitrogens is 4. The van der Waals surface area contributed by atoms with E-state index < -0.39 is 5.69 Å². The smallest absolute Gasteiger partial charge is 0.351 e. The van der Waals surface area contributed by atoms with Crippen molar-refractivity contribution in [2.24, 2.45) is 0 Å². The van der Waals surface area contributed by atoms with Crippen molar-refractivity contribution in [3.63, 3.8) is 0 Å². The molecule has 1 aromatic carbocycles. The van der Waals surface area contributed by atoms with Gasteiger partial charge in [-0.1, -0.05) is 28.9 Å². The third-order valence-corrected chi connectivity index (χ3v) is 4.60. The average molecular weight is 376 g/mol. The monoisotopic (exact) mass is 375 g/mol. The minimum Gasteiger partial charge on any atom is -0.364 e. The summed E-state index contributed by atoms with van der Waals surface area (Å²) in [6.07, 6.45) is 1.45. The first-order valence-corrected chi connectivity index (χ1v) is 8.35. The quantitative estimate of drug-likeness (QED) is 0.682. The molecule has 136 valence electrons. The van der Waals surface area contributed by atoms with Crippen molar-refractivity contribution >= 4 is 17.5 Å². The van der Waals surface area contributed by atoms with Gasteiger partial charge in [-0.05, 0) is 26.0 Å². The average Bonchev–Trinajstić information content (AvgIpc) is 3.25. The summed E-state index contributed by atoms with van der Waals surface area (Å²) in [5.74, 6) is 0.176. The van der Waals surface area contributed by atoms with Crippen molar-refractivity contribution in [3.05, 3.63) is 63.6 Å². The Balaban J connectivity index is 1.86. The third kappa shape index (κ3) is 3.28. The Morgan fingerprint density at radius 2 is 2.08 bits per heavy atom. The van der Waals surface area contributed by atoms with E-state index in [-0.39, 0.29) is 18.5 Å². The molecule has 1 amide bonds. The fraction of sp³-hybridized carbons (Fsp3) is 0.294. The number of likely N-dealkylation sites (N-methyl/N-ethyl adjacent to an activating group) is 1. The van der Waals surface area contributed by atoms with Crippen molar-refractivity contribution in [3.8, 4) is 5.69 Å². The fourth-order valence-corrected chi connectivity index (χ4v) is 2.77. The second-order valence-electron chi connectivity index (χ2n) is 5.88. The third-order valence-electron chi connectivity index (χ3n) is 4.28. The number of amides is 1. The van der Waals surface area contributed by atoms with E-state index in [1.807, 2.05) is 6.92 Å². The van der Waals surface area contributed by atoms with Crippen molar-refractivity contribution < 1.29 is 9.32 Å². The molecule has 2 heterocycles. The molecule has 3 rings (SSSR count). The SMILES string of the molecule is Cc1nn(-c2ccccc2Cl)c(=O)n1CC(=O)N(C)[C@@H](C)c1ccon1. The van der Waals surface area contributed by atoms with E-state index in [4.69, 9.17) is 16.1 Å². The molecule has 0 radical (unpaired) electrons. The number of rotatable bonds is 5. The minimum atomic E-state index is -0.425. The maximum atomic E-state index is 12.7. The number of hydrogen-bond acceptors (Lipinski definition) is 5. The van der Waals surface area contributed by atoms with Crippen molar-refractivity contribution in [2.75, 3.05) is 7.05 Å². The summed E-state index contributed by atoms with van der Waals surface area (Å²) in [5.41, 5.74) is 0.681. The molecule has 0 unspecified atom stereocenters. The minimum absolute atomic E-state index is 0.131. The van der Waals surface area contributed by atoms with Crippen LogP contribution in [0.2, 0.25) is 5.02 Å². The summed E-state index contributed by atoms with van der Waals surface area (Å²) < 4.78 is 7.33. The van der Waals surface area contributed by atoms with E-state index in [9.17, 15) is 9.59 Å². The molecule has 0 fully saturated rings.